The summed E-state index contributed by atoms with van der Waals surface area (Å²) in [7, 11) is 0. The lowest BCUT2D eigenvalue weighted by atomic mass is 10.3. The van der Waals surface area contributed by atoms with Crippen LogP contribution in [0, 0.1) is 0 Å². The van der Waals surface area contributed by atoms with Crippen LogP contribution in [0.3, 0.4) is 0 Å². The van der Waals surface area contributed by atoms with E-state index in [9.17, 15) is 0 Å². The van der Waals surface area contributed by atoms with Gasteiger partial charge in [-0.05, 0) is 31.0 Å². The maximum absolute atomic E-state index is 5.97. The molecule has 2 aromatic heterocycles. The van der Waals surface area contributed by atoms with Crippen molar-refractivity contribution in [1.29, 1.82) is 0 Å². The van der Waals surface area contributed by atoms with Crippen molar-refractivity contribution >= 4 is 22.9 Å². The molecule has 4 heteroatoms. The van der Waals surface area contributed by atoms with Crippen molar-refractivity contribution in [2.45, 2.75) is 26.7 Å². The molecule has 0 N–H and O–H groups in total. The van der Waals surface area contributed by atoms with Gasteiger partial charge in [-0.25, -0.2) is 9.97 Å². The first-order valence-corrected chi connectivity index (χ1v) is 6.55. The molecule has 0 bridgehead atoms. The number of aryl methyl sites for hydroxylation is 2. The van der Waals surface area contributed by atoms with E-state index in [0.717, 1.165) is 29.2 Å². The number of hydrogen-bond acceptors (Lipinski definition) is 3. The molecule has 84 valence electrons. The van der Waals surface area contributed by atoms with E-state index in [4.69, 9.17) is 11.6 Å². The molecular formula is C12H13ClN2S. The van der Waals surface area contributed by atoms with E-state index in [1.54, 1.807) is 11.3 Å². The zero-order valence-corrected chi connectivity index (χ0v) is 10.9. The highest BCUT2D eigenvalue weighted by atomic mass is 35.5. The fourth-order valence-electron chi connectivity index (χ4n) is 1.44. The molecule has 2 aromatic rings. The zero-order valence-electron chi connectivity index (χ0n) is 9.33. The summed E-state index contributed by atoms with van der Waals surface area (Å²) in [6.07, 6.45) is 1.92. The van der Waals surface area contributed by atoms with Crippen LogP contribution in [0.2, 0.25) is 5.15 Å². The summed E-state index contributed by atoms with van der Waals surface area (Å²) in [6, 6.07) is 6.00. The van der Waals surface area contributed by atoms with Crippen molar-refractivity contribution in [3.8, 4) is 10.7 Å². The van der Waals surface area contributed by atoms with Gasteiger partial charge in [0.2, 0.25) is 0 Å². The number of nitrogens with zero attached hydrogens (tertiary/aromatic N) is 2. The maximum Gasteiger partial charge on any atom is 0.171 e. The Bertz CT molecular complexity index is 494. The predicted octanol–water partition coefficient (Wildman–Crippen LogP) is 3.98. The number of thiophene rings is 1. The molecule has 2 rings (SSSR count). The van der Waals surface area contributed by atoms with Gasteiger partial charge in [-0.15, -0.1) is 11.3 Å². The standard InChI is InChI=1S/C12H13ClN2S/c1-3-8-7-11(13)15-12(14-8)10-6-5-9(4-2)16-10/h5-7H,3-4H2,1-2H3. The van der Waals surface area contributed by atoms with Gasteiger partial charge >= 0.3 is 0 Å². The van der Waals surface area contributed by atoms with Gasteiger partial charge in [0.05, 0.1) is 4.88 Å². The quantitative estimate of drug-likeness (QED) is 0.772. The normalized spacial score (nSPS) is 10.7. The summed E-state index contributed by atoms with van der Waals surface area (Å²) < 4.78 is 0. The smallest absolute Gasteiger partial charge is 0.171 e. The maximum atomic E-state index is 5.97. The Hall–Kier alpha value is -0.930. The molecule has 0 aromatic carbocycles. The van der Waals surface area contributed by atoms with Crippen LogP contribution in [0.1, 0.15) is 24.4 Å². The molecule has 0 fully saturated rings. The monoisotopic (exact) mass is 252 g/mol. The van der Waals surface area contributed by atoms with E-state index in [1.165, 1.54) is 4.88 Å². The summed E-state index contributed by atoms with van der Waals surface area (Å²) in [6.45, 7) is 4.21. The zero-order chi connectivity index (χ0) is 11.5. The molecule has 0 aliphatic carbocycles. The van der Waals surface area contributed by atoms with Crippen molar-refractivity contribution < 1.29 is 0 Å². The van der Waals surface area contributed by atoms with E-state index in [2.05, 4.69) is 35.9 Å². The third-order valence-corrected chi connectivity index (χ3v) is 3.76. The molecule has 2 heterocycles. The van der Waals surface area contributed by atoms with Crippen LogP contribution in [0.5, 0.6) is 0 Å². The highest BCUT2D eigenvalue weighted by Crippen LogP contribution is 2.26. The summed E-state index contributed by atoms with van der Waals surface area (Å²) >= 11 is 7.70. The van der Waals surface area contributed by atoms with E-state index in [1.807, 2.05) is 6.07 Å². The van der Waals surface area contributed by atoms with Crippen LogP contribution in [-0.4, -0.2) is 9.97 Å². The molecule has 0 aliphatic heterocycles. The van der Waals surface area contributed by atoms with Crippen molar-refractivity contribution in [3.63, 3.8) is 0 Å². The number of aromatic nitrogens is 2. The van der Waals surface area contributed by atoms with Gasteiger partial charge in [-0.3, -0.25) is 0 Å². The Morgan fingerprint density at radius 1 is 1.19 bits per heavy atom. The summed E-state index contributed by atoms with van der Waals surface area (Å²) in [5.74, 6) is 0.744. The van der Waals surface area contributed by atoms with E-state index in [0.29, 0.717) is 5.15 Å². The summed E-state index contributed by atoms with van der Waals surface area (Å²) in [5.41, 5.74) is 0.987. The molecule has 0 aliphatic rings. The highest BCUT2D eigenvalue weighted by molar-refractivity contribution is 7.15. The third kappa shape index (κ3) is 2.42. The average molecular weight is 253 g/mol. The average Bonchev–Trinajstić information content (AvgIpc) is 2.76. The van der Waals surface area contributed by atoms with E-state index < -0.39 is 0 Å². The molecule has 0 unspecified atom stereocenters. The lowest BCUT2D eigenvalue weighted by Gasteiger charge is -2.00. The van der Waals surface area contributed by atoms with Gasteiger partial charge in [-0.1, -0.05) is 25.4 Å². The molecule has 0 saturated carbocycles. The topological polar surface area (TPSA) is 25.8 Å². The fraction of sp³-hybridized carbons (Fsp3) is 0.333. The Morgan fingerprint density at radius 3 is 2.62 bits per heavy atom. The van der Waals surface area contributed by atoms with Crippen LogP contribution in [0.25, 0.3) is 10.7 Å². The van der Waals surface area contributed by atoms with Gasteiger partial charge in [0.15, 0.2) is 5.82 Å². The van der Waals surface area contributed by atoms with Crippen molar-refractivity contribution in [2.75, 3.05) is 0 Å². The summed E-state index contributed by atoms with van der Waals surface area (Å²) in [4.78, 5) is 11.2. The van der Waals surface area contributed by atoms with Crippen molar-refractivity contribution in [2.24, 2.45) is 0 Å². The van der Waals surface area contributed by atoms with Crippen molar-refractivity contribution in [1.82, 2.24) is 9.97 Å². The van der Waals surface area contributed by atoms with Crippen LogP contribution >= 0.6 is 22.9 Å². The van der Waals surface area contributed by atoms with Crippen LogP contribution in [0.15, 0.2) is 18.2 Å². The molecule has 0 amide bonds. The lowest BCUT2D eigenvalue weighted by molar-refractivity contribution is 1.01. The molecule has 16 heavy (non-hydrogen) atoms. The van der Waals surface area contributed by atoms with Gasteiger partial charge < -0.3 is 0 Å². The van der Waals surface area contributed by atoms with E-state index >= 15 is 0 Å². The SMILES string of the molecule is CCc1cc(Cl)nc(-c2ccc(CC)s2)n1. The number of rotatable bonds is 3. The van der Waals surface area contributed by atoms with Gasteiger partial charge in [0.25, 0.3) is 0 Å². The molecule has 0 radical (unpaired) electrons. The second-order valence-electron chi connectivity index (χ2n) is 3.48. The minimum absolute atomic E-state index is 0.522. The molecule has 0 spiro atoms. The number of halogens is 1. The van der Waals surface area contributed by atoms with Crippen LogP contribution in [0.4, 0.5) is 0 Å². The molecular weight excluding hydrogens is 240 g/mol. The second-order valence-corrected chi connectivity index (χ2v) is 5.03. The largest absolute Gasteiger partial charge is 0.232 e. The Morgan fingerprint density at radius 2 is 2.00 bits per heavy atom. The first-order chi connectivity index (χ1) is 7.72. The first-order valence-electron chi connectivity index (χ1n) is 5.35. The minimum Gasteiger partial charge on any atom is -0.232 e. The minimum atomic E-state index is 0.522. The van der Waals surface area contributed by atoms with Crippen LogP contribution in [-0.2, 0) is 12.8 Å². The molecule has 0 atom stereocenters. The Balaban J connectivity index is 2.42. The number of hydrogen-bond donors (Lipinski definition) is 0. The first kappa shape index (κ1) is 11.6. The van der Waals surface area contributed by atoms with Crippen molar-refractivity contribution in [3.05, 3.63) is 33.9 Å². The van der Waals surface area contributed by atoms with Crippen LogP contribution < -0.4 is 0 Å². The molecule has 0 saturated heterocycles. The molecule has 2 nitrogen and oxygen atoms in total. The third-order valence-electron chi connectivity index (χ3n) is 2.34. The van der Waals surface area contributed by atoms with E-state index in [-0.39, 0.29) is 0 Å². The fourth-order valence-corrected chi connectivity index (χ4v) is 2.53. The van der Waals surface area contributed by atoms with Gasteiger partial charge in [0, 0.05) is 10.6 Å². The Kier molecular flexibility index (Phi) is 3.56. The van der Waals surface area contributed by atoms with Gasteiger partial charge in [0.1, 0.15) is 5.15 Å². The van der Waals surface area contributed by atoms with Gasteiger partial charge in [-0.2, -0.15) is 0 Å². The Labute approximate surface area is 104 Å². The lowest BCUT2D eigenvalue weighted by Crippen LogP contribution is -1.93. The highest BCUT2D eigenvalue weighted by Gasteiger charge is 2.07. The second kappa shape index (κ2) is 4.93. The predicted molar refractivity (Wildman–Crippen MR) is 69.1 cm³/mol. The summed E-state index contributed by atoms with van der Waals surface area (Å²) in [5, 5.41) is 0.522.